The van der Waals surface area contributed by atoms with Gasteiger partial charge in [0.15, 0.2) is 0 Å². The summed E-state index contributed by atoms with van der Waals surface area (Å²) in [5.41, 5.74) is 1.23. The van der Waals surface area contributed by atoms with Gasteiger partial charge in [-0.05, 0) is 37.4 Å². The monoisotopic (exact) mass is 246 g/mol. The molecule has 2 aromatic rings. The number of fused-ring (bicyclic) bond motifs is 1. The van der Waals surface area contributed by atoms with Gasteiger partial charge in [-0.25, -0.2) is 0 Å². The molecule has 0 radical (unpaired) electrons. The van der Waals surface area contributed by atoms with E-state index in [1.54, 1.807) is 6.92 Å². The van der Waals surface area contributed by atoms with E-state index in [-0.39, 0.29) is 0 Å². The van der Waals surface area contributed by atoms with E-state index in [1.807, 2.05) is 12.1 Å². The minimum Gasteiger partial charge on any atom is -0.480 e. The second kappa shape index (κ2) is 5.69. The molecule has 0 saturated heterocycles. The van der Waals surface area contributed by atoms with Crippen LogP contribution in [0.4, 0.5) is 0 Å². The highest BCUT2D eigenvalue weighted by Gasteiger charge is 2.08. The van der Waals surface area contributed by atoms with E-state index >= 15 is 0 Å². The maximum Gasteiger partial charge on any atom is 0.320 e. The summed E-state index contributed by atoms with van der Waals surface area (Å²) in [6.45, 7) is 3.26. The third-order valence-corrected chi connectivity index (χ3v) is 3.08. The van der Waals surface area contributed by atoms with Crippen molar-refractivity contribution in [2.75, 3.05) is 6.54 Å². The van der Waals surface area contributed by atoms with Gasteiger partial charge in [-0.1, -0.05) is 18.2 Å². The van der Waals surface area contributed by atoms with Crippen molar-refractivity contribution >= 4 is 16.9 Å². The van der Waals surface area contributed by atoms with Crippen LogP contribution in [0.15, 0.2) is 36.5 Å². The van der Waals surface area contributed by atoms with Gasteiger partial charge in [-0.15, -0.1) is 0 Å². The molecule has 18 heavy (non-hydrogen) atoms. The van der Waals surface area contributed by atoms with Gasteiger partial charge in [0.05, 0.1) is 0 Å². The third-order valence-electron chi connectivity index (χ3n) is 3.08. The molecule has 0 spiro atoms. The highest BCUT2D eigenvalue weighted by molar-refractivity contribution is 5.79. The van der Waals surface area contributed by atoms with Gasteiger partial charge in [-0.3, -0.25) is 4.79 Å². The fraction of sp³-hybridized carbons (Fsp3) is 0.357. The quantitative estimate of drug-likeness (QED) is 0.767. The molecule has 0 fully saturated rings. The molecule has 0 amide bonds. The number of carboxylic acid groups (broad SMARTS) is 1. The van der Waals surface area contributed by atoms with Gasteiger partial charge in [0, 0.05) is 18.3 Å². The minimum absolute atomic E-state index is 0.480. The highest BCUT2D eigenvalue weighted by atomic mass is 16.4. The molecule has 1 unspecified atom stereocenters. The summed E-state index contributed by atoms with van der Waals surface area (Å²) in [5, 5.41) is 13.0. The number of rotatable bonds is 6. The fourth-order valence-electron chi connectivity index (χ4n) is 1.99. The topological polar surface area (TPSA) is 54.3 Å². The zero-order chi connectivity index (χ0) is 13.0. The average Bonchev–Trinajstić information content (AvgIpc) is 2.77. The Morgan fingerprint density at radius 3 is 2.94 bits per heavy atom. The number of hydrogen-bond acceptors (Lipinski definition) is 2. The summed E-state index contributed by atoms with van der Waals surface area (Å²) in [6.07, 6.45) is 2.99. The van der Waals surface area contributed by atoms with Gasteiger partial charge < -0.3 is 15.0 Å². The lowest BCUT2D eigenvalue weighted by molar-refractivity contribution is -0.138. The SMILES string of the molecule is CC(NCCCn1ccc2ccccc21)C(=O)O. The van der Waals surface area contributed by atoms with Crippen LogP contribution in [0.2, 0.25) is 0 Å². The number of hydrogen-bond donors (Lipinski definition) is 2. The first-order chi connectivity index (χ1) is 8.68. The van der Waals surface area contributed by atoms with Crippen LogP contribution in [0.3, 0.4) is 0 Å². The highest BCUT2D eigenvalue weighted by Crippen LogP contribution is 2.15. The molecule has 0 aliphatic carbocycles. The van der Waals surface area contributed by atoms with Gasteiger partial charge >= 0.3 is 5.97 Å². The molecule has 1 heterocycles. The third kappa shape index (κ3) is 2.90. The predicted octanol–water partition coefficient (Wildman–Crippen LogP) is 2.09. The van der Waals surface area contributed by atoms with Crippen molar-refractivity contribution in [2.24, 2.45) is 0 Å². The summed E-state index contributed by atoms with van der Waals surface area (Å²) >= 11 is 0. The summed E-state index contributed by atoms with van der Waals surface area (Å²) in [7, 11) is 0. The van der Waals surface area contributed by atoms with E-state index in [2.05, 4.69) is 34.3 Å². The Morgan fingerprint density at radius 2 is 2.17 bits per heavy atom. The minimum atomic E-state index is -0.804. The first-order valence-corrected chi connectivity index (χ1v) is 6.18. The van der Waals surface area contributed by atoms with Gasteiger partial charge in [0.1, 0.15) is 6.04 Å². The van der Waals surface area contributed by atoms with Crippen molar-refractivity contribution < 1.29 is 9.90 Å². The van der Waals surface area contributed by atoms with Crippen LogP contribution < -0.4 is 5.32 Å². The first-order valence-electron chi connectivity index (χ1n) is 6.18. The molecule has 96 valence electrons. The second-order valence-electron chi connectivity index (χ2n) is 4.44. The van der Waals surface area contributed by atoms with Crippen LogP contribution in [-0.2, 0) is 11.3 Å². The second-order valence-corrected chi connectivity index (χ2v) is 4.44. The standard InChI is InChI=1S/C14H18N2O2/c1-11(14(17)18)15-8-4-9-16-10-7-12-5-2-3-6-13(12)16/h2-3,5-7,10-11,15H,4,8-9H2,1H3,(H,17,18). The molecule has 0 saturated carbocycles. The Morgan fingerprint density at radius 1 is 1.39 bits per heavy atom. The Bertz CT molecular complexity index is 533. The number of aliphatic carboxylic acids is 1. The lowest BCUT2D eigenvalue weighted by Gasteiger charge is -2.09. The lowest BCUT2D eigenvalue weighted by atomic mass is 10.2. The first kappa shape index (κ1) is 12.6. The average molecular weight is 246 g/mol. The number of carbonyl (C=O) groups is 1. The number of para-hydroxylation sites is 1. The van der Waals surface area contributed by atoms with Gasteiger partial charge in [0.25, 0.3) is 0 Å². The van der Waals surface area contributed by atoms with E-state index in [0.29, 0.717) is 6.54 Å². The number of aromatic nitrogens is 1. The Balaban J connectivity index is 1.85. The van der Waals surface area contributed by atoms with Crippen LogP contribution in [0, 0.1) is 0 Å². The largest absolute Gasteiger partial charge is 0.480 e. The molecule has 2 N–H and O–H groups in total. The number of benzene rings is 1. The Labute approximate surface area is 106 Å². The maximum absolute atomic E-state index is 10.6. The van der Waals surface area contributed by atoms with Crippen molar-refractivity contribution in [3.8, 4) is 0 Å². The molecule has 4 nitrogen and oxygen atoms in total. The number of nitrogens with one attached hydrogen (secondary N) is 1. The van der Waals surface area contributed by atoms with Crippen molar-refractivity contribution in [3.63, 3.8) is 0 Å². The van der Waals surface area contributed by atoms with E-state index in [0.717, 1.165) is 13.0 Å². The molecule has 4 heteroatoms. The summed E-state index contributed by atoms with van der Waals surface area (Å²) < 4.78 is 2.20. The van der Waals surface area contributed by atoms with E-state index < -0.39 is 12.0 Å². The van der Waals surface area contributed by atoms with Crippen molar-refractivity contribution in [2.45, 2.75) is 25.9 Å². The Kier molecular flexibility index (Phi) is 3.99. The molecular formula is C14H18N2O2. The smallest absolute Gasteiger partial charge is 0.320 e. The molecule has 0 aliphatic rings. The molecule has 1 aromatic heterocycles. The van der Waals surface area contributed by atoms with E-state index in [4.69, 9.17) is 5.11 Å². The summed E-state index contributed by atoms with van der Waals surface area (Å²) in [6, 6.07) is 9.88. The predicted molar refractivity (Wildman–Crippen MR) is 71.7 cm³/mol. The molecule has 1 atom stereocenters. The van der Waals surface area contributed by atoms with Crippen LogP contribution in [0.5, 0.6) is 0 Å². The molecule has 1 aromatic carbocycles. The normalized spacial score (nSPS) is 12.7. The summed E-state index contributed by atoms with van der Waals surface area (Å²) in [4.78, 5) is 10.6. The zero-order valence-corrected chi connectivity index (χ0v) is 10.5. The summed E-state index contributed by atoms with van der Waals surface area (Å²) in [5.74, 6) is -0.804. The Hall–Kier alpha value is -1.81. The van der Waals surface area contributed by atoms with Crippen LogP contribution in [-0.4, -0.2) is 28.2 Å². The van der Waals surface area contributed by atoms with Crippen molar-refractivity contribution in [1.29, 1.82) is 0 Å². The molecular weight excluding hydrogens is 228 g/mol. The van der Waals surface area contributed by atoms with Gasteiger partial charge in [-0.2, -0.15) is 0 Å². The van der Waals surface area contributed by atoms with Gasteiger partial charge in [0.2, 0.25) is 0 Å². The number of carboxylic acids is 1. The van der Waals surface area contributed by atoms with E-state index in [1.165, 1.54) is 10.9 Å². The molecule has 2 rings (SSSR count). The lowest BCUT2D eigenvalue weighted by Crippen LogP contribution is -2.34. The maximum atomic E-state index is 10.6. The van der Waals surface area contributed by atoms with Crippen LogP contribution >= 0.6 is 0 Å². The molecule has 0 bridgehead atoms. The molecule has 0 aliphatic heterocycles. The van der Waals surface area contributed by atoms with Crippen LogP contribution in [0.1, 0.15) is 13.3 Å². The van der Waals surface area contributed by atoms with Crippen molar-refractivity contribution in [3.05, 3.63) is 36.5 Å². The zero-order valence-electron chi connectivity index (χ0n) is 10.5. The van der Waals surface area contributed by atoms with E-state index in [9.17, 15) is 4.79 Å². The number of nitrogens with zero attached hydrogens (tertiary/aromatic N) is 1. The fourth-order valence-corrected chi connectivity index (χ4v) is 1.99. The number of aryl methyl sites for hydroxylation is 1. The van der Waals surface area contributed by atoms with Crippen LogP contribution in [0.25, 0.3) is 10.9 Å². The van der Waals surface area contributed by atoms with Crippen molar-refractivity contribution in [1.82, 2.24) is 9.88 Å².